The van der Waals surface area contributed by atoms with Gasteiger partial charge >= 0.3 is 5.97 Å². The number of aliphatic hydroxyl groups is 1. The second-order valence-corrected chi connectivity index (χ2v) is 5.59. The van der Waals surface area contributed by atoms with E-state index in [1.165, 1.54) is 0 Å². The third kappa shape index (κ3) is 2.98. The minimum absolute atomic E-state index is 0.200. The number of hydrogen-bond donors (Lipinski definition) is 2. The van der Waals surface area contributed by atoms with Crippen molar-refractivity contribution >= 4 is 5.97 Å². The molecule has 0 aromatic heterocycles. The van der Waals surface area contributed by atoms with Gasteiger partial charge in [0.25, 0.3) is 0 Å². The summed E-state index contributed by atoms with van der Waals surface area (Å²) in [4.78, 5) is 11.2. The Balaban J connectivity index is 2.04. The monoisotopic (exact) mass is 262 g/mol. The van der Waals surface area contributed by atoms with Gasteiger partial charge in [0.2, 0.25) is 0 Å². The van der Waals surface area contributed by atoms with Gasteiger partial charge in [-0.25, -0.2) is 0 Å². The maximum atomic E-state index is 11.2. The lowest BCUT2D eigenvalue weighted by Gasteiger charge is -2.38. The van der Waals surface area contributed by atoms with Crippen LogP contribution in [-0.4, -0.2) is 16.2 Å². The van der Waals surface area contributed by atoms with Gasteiger partial charge in [0, 0.05) is 0 Å². The van der Waals surface area contributed by atoms with Crippen LogP contribution in [0.4, 0.5) is 0 Å². The molecule has 0 radical (unpaired) electrons. The Hall–Kier alpha value is -1.35. The normalized spacial score (nSPS) is 28.8. The van der Waals surface area contributed by atoms with Gasteiger partial charge in [0.1, 0.15) is 0 Å². The van der Waals surface area contributed by atoms with Crippen LogP contribution in [-0.2, 0) is 10.4 Å². The van der Waals surface area contributed by atoms with E-state index in [0.29, 0.717) is 19.3 Å². The molecule has 104 valence electrons. The zero-order valence-electron chi connectivity index (χ0n) is 11.4. The second-order valence-electron chi connectivity index (χ2n) is 5.59. The molecule has 0 amide bonds. The van der Waals surface area contributed by atoms with Crippen molar-refractivity contribution in [2.45, 2.75) is 44.6 Å². The fourth-order valence-corrected chi connectivity index (χ4v) is 3.27. The fraction of sp³-hybridized carbons (Fsp3) is 0.562. The lowest BCUT2D eigenvalue weighted by Crippen LogP contribution is -2.35. The number of carboxylic acid groups (broad SMARTS) is 1. The first-order valence-electron chi connectivity index (χ1n) is 7.07. The van der Waals surface area contributed by atoms with E-state index in [1.54, 1.807) is 0 Å². The maximum Gasteiger partial charge on any atom is 0.306 e. The van der Waals surface area contributed by atoms with Crippen molar-refractivity contribution in [2.75, 3.05) is 0 Å². The molecule has 1 aromatic rings. The summed E-state index contributed by atoms with van der Waals surface area (Å²) in [6, 6.07) is 9.72. The molecule has 19 heavy (non-hydrogen) atoms. The highest BCUT2D eigenvalue weighted by atomic mass is 16.4. The summed E-state index contributed by atoms with van der Waals surface area (Å²) in [5, 5.41) is 19.9. The van der Waals surface area contributed by atoms with Crippen LogP contribution in [0.2, 0.25) is 0 Å². The van der Waals surface area contributed by atoms with Crippen molar-refractivity contribution in [3.8, 4) is 0 Å². The molecule has 0 spiro atoms. The molecule has 0 heterocycles. The van der Waals surface area contributed by atoms with Gasteiger partial charge < -0.3 is 10.2 Å². The zero-order chi connectivity index (χ0) is 13.9. The minimum atomic E-state index is -0.769. The first-order valence-corrected chi connectivity index (χ1v) is 7.07. The number of aliphatic carboxylic acids is 1. The summed E-state index contributed by atoms with van der Waals surface area (Å²) < 4.78 is 0. The topological polar surface area (TPSA) is 57.5 Å². The zero-order valence-corrected chi connectivity index (χ0v) is 11.4. The van der Waals surface area contributed by atoms with Gasteiger partial charge in [-0.05, 0) is 43.6 Å². The number of carboxylic acids is 1. The fourth-order valence-electron chi connectivity index (χ4n) is 3.27. The van der Waals surface area contributed by atoms with E-state index in [1.807, 2.05) is 37.3 Å². The van der Waals surface area contributed by atoms with Crippen molar-refractivity contribution in [3.05, 3.63) is 35.9 Å². The average molecular weight is 262 g/mol. The van der Waals surface area contributed by atoms with E-state index in [4.69, 9.17) is 0 Å². The molecule has 1 saturated carbocycles. The van der Waals surface area contributed by atoms with Crippen LogP contribution in [0.3, 0.4) is 0 Å². The number of rotatable bonds is 4. The first kappa shape index (κ1) is 14.1. The quantitative estimate of drug-likeness (QED) is 0.876. The van der Waals surface area contributed by atoms with Crippen molar-refractivity contribution in [2.24, 2.45) is 11.8 Å². The van der Waals surface area contributed by atoms with Crippen molar-refractivity contribution < 1.29 is 15.0 Å². The summed E-state index contributed by atoms with van der Waals surface area (Å²) in [6.07, 6.45) is 3.56. The summed E-state index contributed by atoms with van der Waals surface area (Å²) in [5.74, 6) is -0.760. The molecule has 1 atom stereocenters. The molecule has 2 rings (SSSR count). The Kier molecular flexibility index (Phi) is 4.25. The van der Waals surface area contributed by atoms with Crippen LogP contribution in [0.15, 0.2) is 30.3 Å². The molecule has 1 aliphatic carbocycles. The molecule has 0 aliphatic heterocycles. The Morgan fingerprint density at radius 2 is 1.89 bits per heavy atom. The van der Waals surface area contributed by atoms with E-state index in [-0.39, 0.29) is 11.8 Å². The summed E-state index contributed by atoms with van der Waals surface area (Å²) in [7, 11) is 0. The lowest BCUT2D eigenvalue weighted by atomic mass is 9.71. The van der Waals surface area contributed by atoms with Crippen molar-refractivity contribution in [1.82, 2.24) is 0 Å². The van der Waals surface area contributed by atoms with Gasteiger partial charge in [-0.2, -0.15) is 0 Å². The summed E-state index contributed by atoms with van der Waals surface area (Å²) >= 11 is 0. The van der Waals surface area contributed by atoms with Crippen LogP contribution in [0.5, 0.6) is 0 Å². The maximum absolute atomic E-state index is 11.2. The van der Waals surface area contributed by atoms with Crippen LogP contribution >= 0.6 is 0 Å². The third-order valence-electron chi connectivity index (χ3n) is 4.49. The number of benzene rings is 1. The van der Waals surface area contributed by atoms with Gasteiger partial charge in [-0.1, -0.05) is 37.3 Å². The highest BCUT2D eigenvalue weighted by Gasteiger charge is 2.38. The highest BCUT2D eigenvalue weighted by molar-refractivity contribution is 5.70. The van der Waals surface area contributed by atoms with E-state index in [9.17, 15) is 15.0 Å². The van der Waals surface area contributed by atoms with Crippen molar-refractivity contribution in [1.29, 1.82) is 0 Å². The lowest BCUT2D eigenvalue weighted by molar-refractivity contribution is -0.145. The SMILES string of the molecule is CCC(C(=O)O)C1CCC(O)(c2ccccc2)CC1. The molecule has 1 fully saturated rings. The van der Waals surface area contributed by atoms with Crippen LogP contribution < -0.4 is 0 Å². The van der Waals surface area contributed by atoms with E-state index in [0.717, 1.165) is 18.4 Å². The van der Waals surface area contributed by atoms with Crippen LogP contribution in [0.25, 0.3) is 0 Å². The smallest absolute Gasteiger partial charge is 0.306 e. The van der Waals surface area contributed by atoms with Crippen LogP contribution in [0.1, 0.15) is 44.6 Å². The molecule has 3 heteroatoms. The van der Waals surface area contributed by atoms with Crippen LogP contribution in [0, 0.1) is 11.8 Å². The van der Waals surface area contributed by atoms with Gasteiger partial charge in [0.05, 0.1) is 11.5 Å². The average Bonchev–Trinajstić information content (AvgIpc) is 2.42. The molecule has 1 aromatic carbocycles. The predicted molar refractivity (Wildman–Crippen MR) is 73.7 cm³/mol. The number of carbonyl (C=O) groups is 1. The number of hydrogen-bond acceptors (Lipinski definition) is 2. The highest BCUT2D eigenvalue weighted by Crippen LogP contribution is 2.42. The van der Waals surface area contributed by atoms with Gasteiger partial charge in [-0.3, -0.25) is 4.79 Å². The van der Waals surface area contributed by atoms with E-state index in [2.05, 4.69) is 0 Å². The molecule has 3 nitrogen and oxygen atoms in total. The Morgan fingerprint density at radius 3 is 2.37 bits per heavy atom. The van der Waals surface area contributed by atoms with Gasteiger partial charge in [0.15, 0.2) is 0 Å². The molecular formula is C16H22O3. The minimum Gasteiger partial charge on any atom is -0.481 e. The molecule has 1 unspecified atom stereocenters. The van der Waals surface area contributed by atoms with Crippen molar-refractivity contribution in [3.63, 3.8) is 0 Å². The summed E-state index contributed by atoms with van der Waals surface area (Å²) in [6.45, 7) is 1.93. The summed E-state index contributed by atoms with van der Waals surface area (Å²) in [5.41, 5.74) is 0.186. The Bertz CT molecular complexity index is 419. The van der Waals surface area contributed by atoms with E-state index >= 15 is 0 Å². The predicted octanol–water partition coefficient (Wildman–Crippen LogP) is 3.18. The molecule has 0 saturated heterocycles. The molecule has 0 bridgehead atoms. The standard InChI is InChI=1S/C16H22O3/c1-2-14(15(17)18)12-8-10-16(19,11-9-12)13-6-4-3-5-7-13/h3-7,12,14,19H,2,8-11H2,1H3,(H,17,18). The molecule has 2 N–H and O–H groups in total. The van der Waals surface area contributed by atoms with E-state index < -0.39 is 11.6 Å². The second kappa shape index (κ2) is 5.74. The first-order chi connectivity index (χ1) is 9.07. The molecule has 1 aliphatic rings. The largest absolute Gasteiger partial charge is 0.481 e. The Labute approximate surface area is 114 Å². The molecular weight excluding hydrogens is 240 g/mol. The Morgan fingerprint density at radius 1 is 1.32 bits per heavy atom. The third-order valence-corrected chi connectivity index (χ3v) is 4.49. The van der Waals surface area contributed by atoms with Gasteiger partial charge in [-0.15, -0.1) is 0 Å².